The van der Waals surface area contributed by atoms with E-state index in [0.717, 1.165) is 99.7 Å². The lowest BCUT2D eigenvalue weighted by Crippen LogP contribution is -2.53. The second kappa shape index (κ2) is 10.1. The minimum atomic E-state index is -0.162. The molecule has 1 spiro atoms. The fourth-order valence-electron chi connectivity index (χ4n) is 5.67. The van der Waals surface area contributed by atoms with Crippen molar-refractivity contribution in [2.24, 2.45) is 0 Å². The first-order valence-electron chi connectivity index (χ1n) is 13.3. The average Bonchev–Trinajstić information content (AvgIpc) is 3.71. The van der Waals surface area contributed by atoms with Crippen molar-refractivity contribution in [3.8, 4) is 11.1 Å². The first kappa shape index (κ1) is 23.3. The number of rotatable bonds is 0. The van der Waals surface area contributed by atoms with Crippen LogP contribution in [0.5, 0.6) is 0 Å². The number of hydrogen-bond acceptors (Lipinski definition) is 7. The number of piperazine rings is 1. The van der Waals surface area contributed by atoms with E-state index >= 15 is 0 Å². The number of aryl methyl sites for hydroxylation is 1. The van der Waals surface area contributed by atoms with Crippen LogP contribution in [0.4, 0.5) is 11.5 Å². The van der Waals surface area contributed by atoms with E-state index in [1.165, 1.54) is 5.56 Å². The summed E-state index contributed by atoms with van der Waals surface area (Å²) in [7, 11) is 0. The molecule has 1 saturated heterocycles. The van der Waals surface area contributed by atoms with Gasteiger partial charge >= 0.3 is 0 Å². The van der Waals surface area contributed by atoms with Gasteiger partial charge < -0.3 is 5.32 Å². The van der Waals surface area contributed by atoms with Gasteiger partial charge in [-0.3, -0.25) is 14.6 Å². The first-order chi connectivity index (χ1) is 17.7. The van der Waals surface area contributed by atoms with Crippen LogP contribution >= 0.6 is 0 Å². The van der Waals surface area contributed by atoms with Crippen LogP contribution in [-0.4, -0.2) is 62.3 Å². The molecule has 0 radical (unpaired) electrons. The van der Waals surface area contributed by atoms with E-state index in [1.807, 2.05) is 30.7 Å². The maximum Gasteiger partial charge on any atom is 0.153 e. The molecular formula is C29H34N6O. The number of aromatic nitrogens is 3. The number of carbonyl (C=O) groups is 1. The molecular weight excluding hydrogens is 448 g/mol. The third-order valence-corrected chi connectivity index (χ3v) is 7.93. The molecule has 1 aromatic carbocycles. The molecule has 3 aromatic rings. The zero-order valence-electron chi connectivity index (χ0n) is 20.8. The van der Waals surface area contributed by atoms with E-state index in [1.54, 1.807) is 0 Å². The maximum absolute atomic E-state index is 13.2. The first-order valence-corrected chi connectivity index (χ1v) is 13.3. The van der Waals surface area contributed by atoms with Crippen LogP contribution < -0.4 is 5.32 Å². The summed E-state index contributed by atoms with van der Waals surface area (Å²) >= 11 is 0. The highest BCUT2D eigenvalue weighted by Crippen LogP contribution is 2.44. The largest absolute Gasteiger partial charge is 0.340 e. The maximum atomic E-state index is 13.2. The number of benzene rings is 1. The molecule has 0 unspecified atom stereocenters. The van der Waals surface area contributed by atoms with Gasteiger partial charge in [0.05, 0.1) is 5.54 Å². The second-order valence-electron chi connectivity index (χ2n) is 10.4. The van der Waals surface area contributed by atoms with E-state index in [9.17, 15) is 4.79 Å². The molecule has 0 amide bonds. The fourth-order valence-corrected chi connectivity index (χ4v) is 5.67. The van der Waals surface area contributed by atoms with E-state index < -0.39 is 0 Å². The van der Waals surface area contributed by atoms with E-state index in [2.05, 4.69) is 54.3 Å². The molecule has 36 heavy (non-hydrogen) atoms. The standard InChI is InChI=1S/C29H34N6O/c36-26-7-2-1-3-8-27-31-19-24(20-32-27)23-9-12-30-28(18-23)33-25-6-4-5-22(17-25)21-34-13-15-35(16-14-34)29(26)10-11-29/h4-6,9,12,17-20H,1-3,7-8,10-11,13-16,21H2,(H,30,33). The topological polar surface area (TPSA) is 74.2 Å². The Labute approximate surface area is 213 Å². The Hall–Kier alpha value is -3.16. The van der Waals surface area contributed by atoms with Crippen molar-refractivity contribution in [2.45, 2.75) is 57.0 Å². The van der Waals surface area contributed by atoms with E-state index in [4.69, 9.17) is 0 Å². The third kappa shape index (κ3) is 5.04. The molecule has 2 fully saturated rings. The summed E-state index contributed by atoms with van der Waals surface area (Å²) < 4.78 is 0. The van der Waals surface area contributed by atoms with Crippen molar-refractivity contribution in [2.75, 3.05) is 31.5 Å². The number of Topliss-reactive ketones (excluding diaryl/α,β-unsaturated/α-hetero) is 1. The fraction of sp³-hybridized carbons (Fsp3) is 0.448. The number of hydrogen-bond donors (Lipinski definition) is 1. The highest BCUT2D eigenvalue weighted by molar-refractivity contribution is 5.91. The molecule has 0 atom stereocenters. The Balaban J connectivity index is 1.23. The summed E-state index contributed by atoms with van der Waals surface area (Å²) in [5.74, 6) is 2.13. The molecule has 1 aliphatic carbocycles. The van der Waals surface area contributed by atoms with E-state index in [0.29, 0.717) is 12.2 Å². The highest BCUT2D eigenvalue weighted by atomic mass is 16.1. The van der Waals surface area contributed by atoms with Gasteiger partial charge in [0, 0.05) is 75.4 Å². The van der Waals surface area contributed by atoms with Crippen LogP contribution in [0.3, 0.4) is 0 Å². The molecule has 186 valence electrons. The molecule has 1 N–H and O–H groups in total. The Morgan fingerprint density at radius 3 is 2.44 bits per heavy atom. The number of pyridine rings is 1. The van der Waals surface area contributed by atoms with Crippen LogP contribution in [0.25, 0.3) is 11.1 Å². The number of nitrogens with one attached hydrogen (secondary N) is 1. The number of anilines is 2. The summed E-state index contributed by atoms with van der Waals surface area (Å²) in [5.41, 5.74) is 4.17. The molecule has 7 heterocycles. The minimum Gasteiger partial charge on any atom is -0.340 e. The lowest BCUT2D eigenvalue weighted by Gasteiger charge is -2.39. The molecule has 1 saturated carbocycles. The SMILES string of the molecule is O=C1CCCCCc2ncc(cn2)-c2ccnc(c2)Nc2cccc(c2)CN2CCN(CC2)C12CC2. The predicted molar refractivity (Wildman–Crippen MR) is 141 cm³/mol. The molecule has 5 aliphatic heterocycles. The van der Waals surface area contributed by atoms with Gasteiger partial charge in [-0.2, -0.15) is 0 Å². The van der Waals surface area contributed by atoms with Gasteiger partial charge in [0.2, 0.25) is 0 Å². The van der Waals surface area contributed by atoms with Gasteiger partial charge in [-0.15, -0.1) is 0 Å². The van der Waals surface area contributed by atoms with Crippen molar-refractivity contribution in [1.82, 2.24) is 24.8 Å². The monoisotopic (exact) mass is 482 g/mol. The van der Waals surface area contributed by atoms with Crippen LogP contribution in [-0.2, 0) is 17.8 Å². The average molecular weight is 483 g/mol. The molecule has 2 aromatic heterocycles. The van der Waals surface area contributed by atoms with Crippen molar-refractivity contribution in [1.29, 1.82) is 0 Å². The summed E-state index contributed by atoms with van der Waals surface area (Å²) in [6.45, 7) is 4.89. The quantitative estimate of drug-likeness (QED) is 0.501. The summed E-state index contributed by atoms with van der Waals surface area (Å²) in [4.78, 5) is 31.9. The molecule has 8 bridgehead atoms. The van der Waals surface area contributed by atoms with Crippen molar-refractivity contribution < 1.29 is 4.79 Å². The van der Waals surface area contributed by atoms with Crippen molar-refractivity contribution in [3.63, 3.8) is 0 Å². The van der Waals surface area contributed by atoms with E-state index in [-0.39, 0.29) is 5.54 Å². The third-order valence-electron chi connectivity index (χ3n) is 7.93. The lowest BCUT2D eigenvalue weighted by molar-refractivity contribution is -0.127. The predicted octanol–water partition coefficient (Wildman–Crippen LogP) is 4.62. The second-order valence-corrected chi connectivity index (χ2v) is 10.4. The summed E-state index contributed by atoms with van der Waals surface area (Å²) in [6, 6.07) is 12.6. The zero-order chi connectivity index (χ0) is 24.4. The van der Waals surface area contributed by atoms with Crippen LogP contribution in [0, 0.1) is 0 Å². The highest BCUT2D eigenvalue weighted by Gasteiger charge is 2.53. The van der Waals surface area contributed by atoms with Gasteiger partial charge in [0.25, 0.3) is 0 Å². The normalized spacial score (nSPS) is 23.8. The van der Waals surface area contributed by atoms with Gasteiger partial charge in [0.1, 0.15) is 11.6 Å². The van der Waals surface area contributed by atoms with Crippen molar-refractivity contribution >= 4 is 17.3 Å². The molecule has 6 aliphatic rings. The molecule has 7 nitrogen and oxygen atoms in total. The Kier molecular flexibility index (Phi) is 6.50. The van der Waals surface area contributed by atoms with Crippen molar-refractivity contribution in [3.05, 3.63) is 66.4 Å². The summed E-state index contributed by atoms with van der Waals surface area (Å²) in [5, 5.41) is 3.47. The number of nitrogens with zero attached hydrogens (tertiary/aromatic N) is 5. The van der Waals surface area contributed by atoms with Crippen LogP contribution in [0.15, 0.2) is 55.0 Å². The van der Waals surface area contributed by atoms with Gasteiger partial charge in [-0.1, -0.05) is 18.6 Å². The molecule has 9 rings (SSSR count). The van der Waals surface area contributed by atoms with Gasteiger partial charge in [-0.05, 0) is 61.1 Å². The zero-order valence-corrected chi connectivity index (χ0v) is 20.8. The molecule has 7 heteroatoms. The minimum absolute atomic E-state index is 0.162. The lowest BCUT2D eigenvalue weighted by atomic mass is 10.0. The van der Waals surface area contributed by atoms with Crippen LogP contribution in [0.2, 0.25) is 0 Å². The Morgan fingerprint density at radius 1 is 0.833 bits per heavy atom. The van der Waals surface area contributed by atoms with Gasteiger partial charge in [0.15, 0.2) is 5.78 Å². The summed E-state index contributed by atoms with van der Waals surface area (Å²) in [6.07, 6.45) is 12.3. The number of ketones is 1. The number of carbonyl (C=O) groups excluding carboxylic acids is 1. The Bertz CT molecular complexity index is 1210. The van der Waals surface area contributed by atoms with Gasteiger partial charge in [-0.25, -0.2) is 15.0 Å². The Morgan fingerprint density at radius 2 is 1.64 bits per heavy atom. The smallest absolute Gasteiger partial charge is 0.153 e. The van der Waals surface area contributed by atoms with Crippen LogP contribution in [0.1, 0.15) is 49.9 Å².